The average Bonchev–Trinajstić information content (AvgIpc) is 3.23. The molecule has 0 bridgehead atoms. The lowest BCUT2D eigenvalue weighted by Gasteiger charge is -2.12. The van der Waals surface area contributed by atoms with E-state index in [2.05, 4.69) is 10.2 Å². The minimum Gasteiger partial charge on any atom is -0.493 e. The fourth-order valence-electron chi connectivity index (χ4n) is 2.73. The first kappa shape index (κ1) is 19.7. The molecular formula is C21H21N5O3. The van der Waals surface area contributed by atoms with Crippen molar-refractivity contribution in [3.8, 4) is 17.2 Å². The summed E-state index contributed by atoms with van der Waals surface area (Å²) in [4.78, 5) is 12.5. The Balaban J connectivity index is 1.75. The maximum atomic E-state index is 12.5. The summed E-state index contributed by atoms with van der Waals surface area (Å²) in [6.07, 6.45) is 5.43. The molecule has 29 heavy (non-hydrogen) atoms. The Hall–Kier alpha value is -4.07. The van der Waals surface area contributed by atoms with Crippen molar-refractivity contribution in [3.05, 3.63) is 78.1 Å². The van der Waals surface area contributed by atoms with Gasteiger partial charge in [0.05, 0.1) is 19.7 Å². The Morgan fingerprint density at radius 1 is 1.07 bits per heavy atom. The number of esters is 1. The summed E-state index contributed by atoms with van der Waals surface area (Å²) in [6.45, 7) is 0. The SMILES string of the molecule is COc1cc(/C=N\N=C(N)N)ccc1OC(=O)Cc1ccccc1-n1cccc1. The largest absolute Gasteiger partial charge is 0.493 e. The van der Waals surface area contributed by atoms with Gasteiger partial charge in [0.2, 0.25) is 5.96 Å². The molecule has 1 heterocycles. The highest BCUT2D eigenvalue weighted by molar-refractivity contribution is 5.83. The van der Waals surface area contributed by atoms with Crippen molar-refractivity contribution >= 4 is 18.1 Å². The molecule has 0 saturated heterocycles. The summed E-state index contributed by atoms with van der Waals surface area (Å²) in [5.41, 5.74) is 12.9. The van der Waals surface area contributed by atoms with Gasteiger partial charge in [0, 0.05) is 18.1 Å². The average molecular weight is 391 g/mol. The molecular weight excluding hydrogens is 370 g/mol. The third kappa shape index (κ3) is 5.23. The summed E-state index contributed by atoms with van der Waals surface area (Å²) in [6, 6.07) is 16.5. The molecule has 3 rings (SSSR count). The Morgan fingerprint density at radius 3 is 2.55 bits per heavy atom. The van der Waals surface area contributed by atoms with E-state index in [4.69, 9.17) is 20.9 Å². The van der Waals surface area contributed by atoms with Crippen molar-refractivity contribution in [2.24, 2.45) is 21.7 Å². The minimum atomic E-state index is -0.398. The number of nitrogens with two attached hydrogens (primary N) is 2. The van der Waals surface area contributed by atoms with Crippen LogP contribution < -0.4 is 20.9 Å². The molecule has 1 aromatic heterocycles. The Bertz CT molecular complexity index is 1040. The lowest BCUT2D eigenvalue weighted by molar-refractivity contribution is -0.133. The number of guanidine groups is 1. The van der Waals surface area contributed by atoms with Crippen LogP contribution in [0.3, 0.4) is 0 Å². The van der Waals surface area contributed by atoms with Gasteiger partial charge in [-0.3, -0.25) is 4.79 Å². The van der Waals surface area contributed by atoms with Crippen molar-refractivity contribution in [1.82, 2.24) is 4.57 Å². The fraction of sp³-hybridized carbons (Fsp3) is 0.0952. The molecule has 0 spiro atoms. The summed E-state index contributed by atoms with van der Waals surface area (Å²) in [7, 11) is 1.49. The Kier molecular flexibility index (Phi) is 6.26. The molecule has 0 unspecified atom stereocenters. The van der Waals surface area contributed by atoms with E-state index in [1.54, 1.807) is 18.2 Å². The zero-order valence-corrected chi connectivity index (χ0v) is 15.9. The zero-order chi connectivity index (χ0) is 20.6. The molecule has 0 aliphatic carbocycles. The summed E-state index contributed by atoms with van der Waals surface area (Å²) in [5, 5.41) is 7.28. The van der Waals surface area contributed by atoms with E-state index in [0.717, 1.165) is 11.3 Å². The van der Waals surface area contributed by atoms with E-state index < -0.39 is 5.97 Å². The van der Waals surface area contributed by atoms with E-state index in [9.17, 15) is 4.79 Å². The first-order valence-corrected chi connectivity index (χ1v) is 8.79. The second-order valence-electron chi connectivity index (χ2n) is 6.05. The van der Waals surface area contributed by atoms with Crippen molar-refractivity contribution in [1.29, 1.82) is 0 Å². The standard InChI is InChI=1S/C21H21N5O3/c1-28-19-12-15(14-24-25-21(22)23)8-9-18(19)29-20(27)13-16-6-2-3-7-17(16)26-10-4-5-11-26/h2-12,14H,13H2,1H3,(H4,22,23,25)/b24-14-. The first-order valence-electron chi connectivity index (χ1n) is 8.79. The number of para-hydroxylation sites is 1. The number of carbonyl (C=O) groups excluding carboxylic acids is 1. The quantitative estimate of drug-likeness (QED) is 0.211. The molecule has 0 saturated carbocycles. The first-order chi connectivity index (χ1) is 14.1. The van der Waals surface area contributed by atoms with E-state index in [1.807, 2.05) is 53.4 Å². The molecule has 2 aromatic carbocycles. The van der Waals surface area contributed by atoms with Crippen LogP contribution in [0.5, 0.6) is 11.5 Å². The molecule has 0 radical (unpaired) electrons. The third-order valence-corrected chi connectivity index (χ3v) is 4.00. The highest BCUT2D eigenvalue weighted by atomic mass is 16.6. The van der Waals surface area contributed by atoms with E-state index in [1.165, 1.54) is 13.3 Å². The maximum absolute atomic E-state index is 12.5. The van der Waals surface area contributed by atoms with Gasteiger partial charge in [0.25, 0.3) is 0 Å². The highest BCUT2D eigenvalue weighted by Gasteiger charge is 2.14. The summed E-state index contributed by atoms with van der Waals surface area (Å²) >= 11 is 0. The molecule has 4 N–H and O–H groups in total. The molecule has 0 fully saturated rings. The van der Waals surface area contributed by atoms with Gasteiger partial charge in [-0.15, -0.1) is 5.10 Å². The van der Waals surface area contributed by atoms with Gasteiger partial charge in [-0.2, -0.15) is 5.10 Å². The number of hydrogen-bond donors (Lipinski definition) is 2. The van der Waals surface area contributed by atoms with Crippen molar-refractivity contribution < 1.29 is 14.3 Å². The van der Waals surface area contributed by atoms with Crippen LogP contribution in [0.2, 0.25) is 0 Å². The van der Waals surface area contributed by atoms with Gasteiger partial charge >= 0.3 is 5.97 Å². The fourth-order valence-corrected chi connectivity index (χ4v) is 2.73. The highest BCUT2D eigenvalue weighted by Crippen LogP contribution is 2.28. The number of methoxy groups -OCH3 is 1. The van der Waals surface area contributed by atoms with Crippen LogP contribution in [0.25, 0.3) is 5.69 Å². The molecule has 3 aromatic rings. The molecule has 0 aliphatic rings. The van der Waals surface area contributed by atoms with Gasteiger partial charge in [0.15, 0.2) is 11.5 Å². The van der Waals surface area contributed by atoms with Crippen LogP contribution in [-0.2, 0) is 11.2 Å². The van der Waals surface area contributed by atoms with Crippen molar-refractivity contribution in [2.75, 3.05) is 7.11 Å². The van der Waals surface area contributed by atoms with Crippen LogP contribution >= 0.6 is 0 Å². The van der Waals surface area contributed by atoms with Gasteiger partial charge in [0.1, 0.15) is 0 Å². The number of carbonyl (C=O) groups is 1. The number of hydrogen-bond acceptors (Lipinski definition) is 5. The van der Waals surface area contributed by atoms with Gasteiger partial charge < -0.3 is 25.5 Å². The monoisotopic (exact) mass is 391 g/mol. The molecule has 0 atom stereocenters. The number of nitrogens with zero attached hydrogens (tertiary/aromatic N) is 3. The lowest BCUT2D eigenvalue weighted by Crippen LogP contribution is -2.21. The Morgan fingerprint density at radius 2 is 1.83 bits per heavy atom. The summed E-state index contributed by atoms with van der Waals surface area (Å²) < 4.78 is 12.8. The van der Waals surface area contributed by atoms with Gasteiger partial charge in [-0.25, -0.2) is 0 Å². The van der Waals surface area contributed by atoms with Crippen LogP contribution in [0.1, 0.15) is 11.1 Å². The minimum absolute atomic E-state index is 0.116. The van der Waals surface area contributed by atoms with Crippen LogP contribution in [0.15, 0.2) is 77.2 Å². The molecule has 148 valence electrons. The molecule has 0 aliphatic heterocycles. The third-order valence-electron chi connectivity index (χ3n) is 4.00. The second kappa shape index (κ2) is 9.23. The van der Waals surface area contributed by atoms with E-state index in [0.29, 0.717) is 17.1 Å². The normalized spacial score (nSPS) is 10.7. The molecule has 8 nitrogen and oxygen atoms in total. The molecule has 8 heteroatoms. The van der Waals surface area contributed by atoms with E-state index >= 15 is 0 Å². The number of aromatic nitrogens is 1. The zero-order valence-electron chi connectivity index (χ0n) is 15.9. The number of benzene rings is 2. The van der Waals surface area contributed by atoms with Gasteiger partial charge in [-0.1, -0.05) is 18.2 Å². The second-order valence-corrected chi connectivity index (χ2v) is 6.05. The number of rotatable bonds is 7. The maximum Gasteiger partial charge on any atom is 0.315 e. The summed E-state index contributed by atoms with van der Waals surface area (Å²) in [5.74, 6) is 0.171. The smallest absolute Gasteiger partial charge is 0.315 e. The van der Waals surface area contributed by atoms with Crippen molar-refractivity contribution in [2.45, 2.75) is 6.42 Å². The van der Waals surface area contributed by atoms with Crippen LogP contribution in [-0.4, -0.2) is 29.8 Å². The molecule has 0 amide bonds. The van der Waals surface area contributed by atoms with Crippen molar-refractivity contribution in [3.63, 3.8) is 0 Å². The van der Waals surface area contributed by atoms with Crippen LogP contribution in [0.4, 0.5) is 0 Å². The predicted molar refractivity (Wildman–Crippen MR) is 112 cm³/mol. The van der Waals surface area contributed by atoms with Gasteiger partial charge in [-0.05, 0) is 47.5 Å². The number of ether oxygens (including phenoxy) is 2. The predicted octanol–water partition coefficient (Wildman–Crippen LogP) is 2.24. The lowest BCUT2D eigenvalue weighted by atomic mass is 10.1. The topological polar surface area (TPSA) is 117 Å². The van der Waals surface area contributed by atoms with E-state index in [-0.39, 0.29) is 12.4 Å². The Labute approximate surface area is 168 Å². The van der Waals surface area contributed by atoms with Crippen LogP contribution in [0, 0.1) is 0 Å².